The molecule has 0 aliphatic heterocycles. The summed E-state index contributed by atoms with van der Waals surface area (Å²) in [6.07, 6.45) is 2.90. The summed E-state index contributed by atoms with van der Waals surface area (Å²) in [7, 11) is 0. The maximum atomic E-state index is 13.8. The zero-order valence-corrected chi connectivity index (χ0v) is 18.3. The summed E-state index contributed by atoms with van der Waals surface area (Å²) < 4.78 is 33.5. The Morgan fingerprint density at radius 1 is 1.06 bits per heavy atom. The molecule has 11 heteroatoms. The van der Waals surface area contributed by atoms with Crippen LogP contribution in [0.25, 0.3) is 0 Å². The van der Waals surface area contributed by atoms with Crippen molar-refractivity contribution in [2.45, 2.75) is 47.1 Å². The number of ether oxygens (including phenoxy) is 1. The van der Waals surface area contributed by atoms with Gasteiger partial charge in [-0.1, -0.05) is 0 Å². The first-order valence-electron chi connectivity index (χ1n) is 9.71. The van der Waals surface area contributed by atoms with Gasteiger partial charge in [0.05, 0.1) is 11.9 Å². The number of carbonyl (C=O) groups is 1. The van der Waals surface area contributed by atoms with Gasteiger partial charge >= 0.3 is 5.92 Å². The highest BCUT2D eigenvalue weighted by Gasteiger charge is 2.29. The van der Waals surface area contributed by atoms with Crippen LogP contribution >= 0.6 is 0 Å². The smallest absolute Gasteiger partial charge is 0.303 e. The zero-order chi connectivity index (χ0) is 23.5. The third-order valence-corrected chi connectivity index (χ3v) is 4.43. The number of amides is 1. The third kappa shape index (κ3) is 5.68. The molecule has 0 aliphatic carbocycles. The number of nitrogens with zero attached hydrogens (tertiary/aromatic N) is 5. The molecule has 0 aromatic carbocycles. The van der Waals surface area contributed by atoms with Crippen molar-refractivity contribution in [1.82, 2.24) is 24.9 Å². The molecule has 3 aromatic heterocycles. The number of anilines is 3. The Balaban J connectivity index is 1.95. The van der Waals surface area contributed by atoms with Crippen LogP contribution in [-0.2, 0) is 17.3 Å². The van der Waals surface area contributed by atoms with E-state index in [0.717, 1.165) is 23.9 Å². The van der Waals surface area contributed by atoms with Crippen LogP contribution in [0.1, 0.15) is 42.3 Å². The van der Waals surface area contributed by atoms with Crippen LogP contribution in [0.15, 0.2) is 24.7 Å². The Kier molecular flexibility index (Phi) is 6.56. The lowest BCUT2D eigenvalue weighted by Crippen LogP contribution is -2.15. The minimum absolute atomic E-state index is 0.147. The molecule has 1 amide bonds. The predicted octanol–water partition coefficient (Wildman–Crippen LogP) is 3.98. The zero-order valence-electron chi connectivity index (χ0n) is 18.3. The SMILES string of the molecule is CC(=O)Nc1cc(Nc2cc(C)nc(C(C)(F)F)n2)c(OCc2c(C)ncnc2C)cn1. The van der Waals surface area contributed by atoms with Crippen LogP contribution in [0.4, 0.5) is 26.1 Å². The standard InChI is InChI=1S/C21H23F2N7O2/c1-11-6-19(30-20(27-11)21(5,22)23)29-16-7-18(28-14(4)31)24-8-17(16)32-9-15-12(2)25-10-26-13(15)3/h6-8,10H,9H2,1-5H3,(H2,24,27,28,29,30,31). The summed E-state index contributed by atoms with van der Waals surface area (Å²) in [6.45, 7) is 7.53. The molecule has 0 saturated heterocycles. The van der Waals surface area contributed by atoms with Gasteiger partial charge in [-0.25, -0.2) is 24.9 Å². The molecule has 3 rings (SSSR count). The number of rotatable bonds is 7. The minimum atomic E-state index is -3.20. The van der Waals surface area contributed by atoms with E-state index in [2.05, 4.69) is 35.6 Å². The average molecular weight is 443 g/mol. The molecule has 0 spiro atoms. The second kappa shape index (κ2) is 9.16. The van der Waals surface area contributed by atoms with E-state index in [1.54, 1.807) is 6.92 Å². The monoisotopic (exact) mass is 443 g/mol. The summed E-state index contributed by atoms with van der Waals surface area (Å²) in [6, 6.07) is 3.05. The van der Waals surface area contributed by atoms with E-state index < -0.39 is 11.7 Å². The lowest BCUT2D eigenvalue weighted by molar-refractivity contribution is -0.114. The highest BCUT2D eigenvalue weighted by atomic mass is 19.3. The summed E-state index contributed by atoms with van der Waals surface area (Å²) >= 11 is 0. The van der Waals surface area contributed by atoms with Crippen LogP contribution in [0.5, 0.6) is 5.75 Å². The van der Waals surface area contributed by atoms with Gasteiger partial charge in [-0.2, -0.15) is 8.78 Å². The number of carbonyl (C=O) groups excluding carboxylic acids is 1. The Bertz CT molecular complexity index is 1130. The van der Waals surface area contributed by atoms with Crippen molar-refractivity contribution in [3.8, 4) is 5.75 Å². The van der Waals surface area contributed by atoms with Gasteiger partial charge in [-0.05, 0) is 20.8 Å². The first-order chi connectivity index (χ1) is 15.0. The lowest BCUT2D eigenvalue weighted by Gasteiger charge is -2.16. The number of aryl methyl sites for hydroxylation is 3. The number of hydrogen-bond donors (Lipinski definition) is 2. The van der Waals surface area contributed by atoms with E-state index >= 15 is 0 Å². The molecule has 32 heavy (non-hydrogen) atoms. The van der Waals surface area contributed by atoms with E-state index in [1.165, 1.54) is 31.6 Å². The average Bonchev–Trinajstić information content (AvgIpc) is 2.67. The molecule has 2 N–H and O–H groups in total. The summed E-state index contributed by atoms with van der Waals surface area (Å²) in [5.74, 6) is -3.39. The molecule has 0 saturated carbocycles. The van der Waals surface area contributed by atoms with Crippen molar-refractivity contribution in [1.29, 1.82) is 0 Å². The molecule has 0 radical (unpaired) electrons. The van der Waals surface area contributed by atoms with E-state index in [4.69, 9.17) is 4.74 Å². The first-order valence-corrected chi connectivity index (χ1v) is 9.71. The number of alkyl halides is 2. The lowest BCUT2D eigenvalue weighted by atomic mass is 10.2. The number of nitrogens with one attached hydrogen (secondary N) is 2. The number of hydrogen-bond acceptors (Lipinski definition) is 8. The molecule has 168 valence electrons. The van der Waals surface area contributed by atoms with Gasteiger partial charge in [0.2, 0.25) is 11.7 Å². The van der Waals surface area contributed by atoms with E-state index in [1.807, 2.05) is 13.8 Å². The fraction of sp³-hybridized carbons (Fsp3) is 0.333. The Morgan fingerprint density at radius 2 is 1.75 bits per heavy atom. The topological polar surface area (TPSA) is 115 Å². The van der Waals surface area contributed by atoms with Crippen molar-refractivity contribution in [2.75, 3.05) is 10.6 Å². The molecule has 3 heterocycles. The van der Waals surface area contributed by atoms with Crippen LogP contribution in [0, 0.1) is 20.8 Å². The first kappa shape index (κ1) is 22.9. The van der Waals surface area contributed by atoms with Crippen molar-refractivity contribution >= 4 is 23.2 Å². The van der Waals surface area contributed by atoms with E-state index in [0.29, 0.717) is 17.1 Å². The minimum Gasteiger partial charge on any atom is -0.485 e. The molecule has 0 atom stereocenters. The highest BCUT2D eigenvalue weighted by molar-refractivity contribution is 5.88. The number of pyridine rings is 1. The second-order valence-corrected chi connectivity index (χ2v) is 7.29. The summed E-state index contributed by atoms with van der Waals surface area (Å²) in [4.78, 5) is 31.7. The maximum Gasteiger partial charge on any atom is 0.303 e. The van der Waals surface area contributed by atoms with Gasteiger partial charge in [0.15, 0.2) is 5.75 Å². The van der Waals surface area contributed by atoms with Gasteiger partial charge in [0, 0.05) is 48.6 Å². The van der Waals surface area contributed by atoms with Crippen LogP contribution in [0.2, 0.25) is 0 Å². The second-order valence-electron chi connectivity index (χ2n) is 7.29. The van der Waals surface area contributed by atoms with E-state index in [9.17, 15) is 13.6 Å². The summed E-state index contributed by atoms with van der Waals surface area (Å²) in [5.41, 5.74) is 3.10. The molecule has 9 nitrogen and oxygen atoms in total. The fourth-order valence-corrected chi connectivity index (χ4v) is 2.85. The Labute approximate surface area is 183 Å². The van der Waals surface area contributed by atoms with Crippen LogP contribution in [0.3, 0.4) is 0 Å². The Hall–Kier alpha value is -3.76. The quantitative estimate of drug-likeness (QED) is 0.564. The van der Waals surface area contributed by atoms with Crippen molar-refractivity contribution in [3.05, 3.63) is 53.1 Å². The third-order valence-electron chi connectivity index (χ3n) is 4.43. The highest BCUT2D eigenvalue weighted by Crippen LogP contribution is 2.31. The molecule has 0 aliphatic rings. The molecule has 0 fully saturated rings. The maximum absolute atomic E-state index is 13.8. The van der Waals surface area contributed by atoms with Crippen molar-refractivity contribution in [2.24, 2.45) is 0 Å². The van der Waals surface area contributed by atoms with Gasteiger partial charge in [-0.3, -0.25) is 4.79 Å². The summed E-state index contributed by atoms with van der Waals surface area (Å²) in [5, 5.41) is 5.55. The van der Waals surface area contributed by atoms with Gasteiger partial charge in [0.1, 0.15) is 24.6 Å². The van der Waals surface area contributed by atoms with Gasteiger partial charge in [-0.15, -0.1) is 0 Å². The van der Waals surface area contributed by atoms with Crippen molar-refractivity contribution < 1.29 is 18.3 Å². The number of halogens is 2. The van der Waals surface area contributed by atoms with Gasteiger partial charge in [0.25, 0.3) is 0 Å². The van der Waals surface area contributed by atoms with Crippen molar-refractivity contribution in [3.63, 3.8) is 0 Å². The molecule has 0 bridgehead atoms. The van der Waals surface area contributed by atoms with Crippen LogP contribution < -0.4 is 15.4 Å². The molecule has 3 aromatic rings. The predicted molar refractivity (Wildman–Crippen MR) is 114 cm³/mol. The fourth-order valence-electron chi connectivity index (χ4n) is 2.85. The largest absolute Gasteiger partial charge is 0.485 e. The molecular formula is C21H23F2N7O2. The molecular weight excluding hydrogens is 420 g/mol. The van der Waals surface area contributed by atoms with Gasteiger partial charge < -0.3 is 15.4 Å². The number of aromatic nitrogens is 5. The van der Waals surface area contributed by atoms with E-state index in [-0.39, 0.29) is 24.1 Å². The Morgan fingerprint density at radius 3 is 2.38 bits per heavy atom. The van der Waals surface area contributed by atoms with Crippen LogP contribution in [-0.4, -0.2) is 30.8 Å². The normalized spacial score (nSPS) is 11.2. The molecule has 0 unspecified atom stereocenters.